The number of aromatic nitrogens is 3. The first-order valence-corrected chi connectivity index (χ1v) is 15.7. The fourth-order valence-electron chi connectivity index (χ4n) is 5.59. The predicted octanol–water partition coefficient (Wildman–Crippen LogP) is 2.43. The molecule has 5 rings (SSSR count). The molecule has 2 aromatic heterocycles. The average Bonchev–Trinajstić information content (AvgIpc) is 3.51. The molecule has 13 nitrogen and oxygen atoms in total. The van der Waals surface area contributed by atoms with Crippen molar-refractivity contribution in [3.8, 4) is 34.5 Å². The summed E-state index contributed by atoms with van der Waals surface area (Å²) >= 11 is 13.5. The molecule has 0 bridgehead atoms. The lowest BCUT2D eigenvalue weighted by Crippen LogP contribution is -2.49. The van der Waals surface area contributed by atoms with Gasteiger partial charge in [0.1, 0.15) is 17.1 Å². The number of ether oxygens (including phenoxy) is 3. The number of pyridine rings is 1. The standard InChI is InChI=1S/C32H35Cl2N7O6/c1-5-7-26(43)40-11-8-39(9-12-40)10-13-41-30-19(16-35-32(38-30)37-22-18-47-17-21(22)36-25(42)6-2)14-20(31(41)44)27-28(33)23(45-3)15-24(46-4)29(27)34/h6,14-16,21-22H,2,8-13,17-18H2,1,3-4H3,(H,36,42)(H,35,37,38)/t21-,22+/m0/s1. The maximum atomic E-state index is 14.4. The van der Waals surface area contributed by atoms with Crippen molar-refractivity contribution in [3.05, 3.63) is 51.4 Å². The predicted molar refractivity (Wildman–Crippen MR) is 179 cm³/mol. The Bertz CT molecular complexity index is 1790. The number of hydrogen-bond donors (Lipinski definition) is 2. The number of benzene rings is 1. The summed E-state index contributed by atoms with van der Waals surface area (Å²) in [6.45, 7) is 8.85. The van der Waals surface area contributed by atoms with Gasteiger partial charge in [0.15, 0.2) is 0 Å². The van der Waals surface area contributed by atoms with Gasteiger partial charge in [-0.15, -0.1) is 0 Å². The van der Waals surface area contributed by atoms with Gasteiger partial charge in [-0.1, -0.05) is 35.7 Å². The Labute approximate surface area is 281 Å². The van der Waals surface area contributed by atoms with Crippen molar-refractivity contribution in [3.63, 3.8) is 0 Å². The summed E-state index contributed by atoms with van der Waals surface area (Å²) in [6, 6.07) is 2.57. The smallest absolute Gasteiger partial charge is 0.298 e. The molecule has 2 aliphatic rings. The molecular weight excluding hydrogens is 649 g/mol. The first kappa shape index (κ1) is 34.0. The number of piperazine rings is 1. The normalized spacial score (nSPS) is 17.9. The minimum absolute atomic E-state index is 0.158. The summed E-state index contributed by atoms with van der Waals surface area (Å²) in [7, 11) is 2.93. The van der Waals surface area contributed by atoms with Crippen LogP contribution in [0.5, 0.6) is 11.5 Å². The second-order valence-corrected chi connectivity index (χ2v) is 11.6. The molecule has 0 spiro atoms. The van der Waals surface area contributed by atoms with Crippen LogP contribution in [0.15, 0.2) is 35.8 Å². The van der Waals surface area contributed by atoms with Crippen LogP contribution < -0.4 is 25.7 Å². The second kappa shape index (κ2) is 15.0. The highest BCUT2D eigenvalue weighted by atomic mass is 35.5. The molecule has 0 saturated carbocycles. The zero-order chi connectivity index (χ0) is 33.7. The Hall–Kier alpha value is -4.35. The Morgan fingerprint density at radius 1 is 1.09 bits per heavy atom. The van der Waals surface area contributed by atoms with Gasteiger partial charge in [-0.2, -0.15) is 4.98 Å². The molecule has 2 atom stereocenters. The van der Waals surface area contributed by atoms with Crippen molar-refractivity contribution in [2.24, 2.45) is 0 Å². The minimum Gasteiger partial charge on any atom is -0.495 e. The third-order valence-electron chi connectivity index (χ3n) is 8.11. The largest absolute Gasteiger partial charge is 0.495 e. The highest BCUT2D eigenvalue weighted by molar-refractivity contribution is 6.41. The molecule has 0 radical (unpaired) electrons. The molecule has 3 aromatic rings. The molecule has 248 valence electrons. The summed E-state index contributed by atoms with van der Waals surface area (Å²) in [4.78, 5) is 51.7. The molecule has 0 unspecified atom stereocenters. The first-order chi connectivity index (χ1) is 22.7. The number of fused-ring (bicyclic) bond motifs is 1. The van der Waals surface area contributed by atoms with Crippen LogP contribution in [0.2, 0.25) is 10.0 Å². The lowest BCUT2D eigenvalue weighted by Gasteiger charge is -2.33. The third-order valence-corrected chi connectivity index (χ3v) is 8.86. The van der Waals surface area contributed by atoms with E-state index >= 15 is 0 Å². The molecule has 47 heavy (non-hydrogen) atoms. The van der Waals surface area contributed by atoms with Crippen LogP contribution >= 0.6 is 23.2 Å². The quantitative estimate of drug-likeness (QED) is 0.242. The van der Waals surface area contributed by atoms with Gasteiger partial charge in [0.05, 0.1) is 55.1 Å². The van der Waals surface area contributed by atoms with E-state index < -0.39 is 0 Å². The van der Waals surface area contributed by atoms with E-state index in [0.29, 0.717) is 68.5 Å². The topological polar surface area (TPSA) is 140 Å². The number of methoxy groups -OCH3 is 2. The fourth-order valence-corrected chi connectivity index (χ4v) is 6.29. The molecule has 2 N–H and O–H groups in total. The van der Waals surface area contributed by atoms with Gasteiger partial charge in [0.25, 0.3) is 11.5 Å². The molecule has 0 aliphatic carbocycles. The van der Waals surface area contributed by atoms with E-state index in [4.69, 9.17) is 42.4 Å². The van der Waals surface area contributed by atoms with Crippen molar-refractivity contribution in [1.29, 1.82) is 0 Å². The Morgan fingerprint density at radius 3 is 2.40 bits per heavy atom. The number of carbonyl (C=O) groups is 2. The molecule has 2 fully saturated rings. The van der Waals surface area contributed by atoms with Crippen LogP contribution in [0.1, 0.15) is 6.92 Å². The molecule has 1 aromatic carbocycles. The van der Waals surface area contributed by atoms with Gasteiger partial charge in [-0.3, -0.25) is 23.9 Å². The van der Waals surface area contributed by atoms with Crippen molar-refractivity contribution >= 4 is 52.0 Å². The number of nitrogens with one attached hydrogen (secondary N) is 2. The second-order valence-electron chi connectivity index (χ2n) is 10.9. The number of hydrogen-bond acceptors (Lipinski definition) is 10. The van der Waals surface area contributed by atoms with E-state index in [-0.39, 0.29) is 63.1 Å². The van der Waals surface area contributed by atoms with Crippen LogP contribution in [0.25, 0.3) is 22.2 Å². The molecule has 15 heteroatoms. The Balaban J connectivity index is 1.53. The van der Waals surface area contributed by atoms with Crippen LogP contribution in [-0.2, 0) is 20.9 Å². The maximum absolute atomic E-state index is 14.4. The summed E-state index contributed by atoms with van der Waals surface area (Å²) in [5.74, 6) is 5.58. The SMILES string of the molecule is C=CC(=O)N[C@H]1COC[C@H]1Nc1ncc2cc(-c3c(Cl)c(OC)cc(OC)c3Cl)c(=O)n(CCN3CCN(C(=O)C#CC)CC3)c2n1. The number of rotatable bonds is 10. The van der Waals surface area contributed by atoms with Crippen molar-refractivity contribution in [1.82, 2.24) is 29.7 Å². The minimum atomic E-state index is -0.381. The highest BCUT2D eigenvalue weighted by Gasteiger charge is 2.30. The van der Waals surface area contributed by atoms with Crippen molar-refractivity contribution in [2.75, 3.05) is 65.5 Å². The van der Waals surface area contributed by atoms with E-state index in [9.17, 15) is 14.4 Å². The van der Waals surface area contributed by atoms with Gasteiger partial charge < -0.3 is 29.7 Å². The third kappa shape index (κ3) is 7.31. The van der Waals surface area contributed by atoms with E-state index in [1.54, 1.807) is 34.7 Å². The van der Waals surface area contributed by atoms with Crippen LogP contribution in [0.3, 0.4) is 0 Å². The van der Waals surface area contributed by atoms with Gasteiger partial charge in [-0.05, 0) is 25.0 Å². The molecule has 4 heterocycles. The first-order valence-electron chi connectivity index (χ1n) is 14.9. The van der Waals surface area contributed by atoms with Gasteiger partial charge in [0, 0.05) is 62.5 Å². The van der Waals surface area contributed by atoms with Crippen LogP contribution in [-0.4, -0.2) is 108 Å². The monoisotopic (exact) mass is 683 g/mol. The van der Waals surface area contributed by atoms with Crippen molar-refractivity contribution in [2.45, 2.75) is 25.6 Å². The molecular formula is C32H35Cl2N7O6. The van der Waals surface area contributed by atoms with Crippen LogP contribution in [0, 0.1) is 11.8 Å². The number of halogens is 2. The zero-order valence-electron chi connectivity index (χ0n) is 26.3. The van der Waals surface area contributed by atoms with E-state index in [2.05, 4.69) is 38.9 Å². The molecule has 2 aliphatic heterocycles. The number of nitrogens with zero attached hydrogens (tertiary/aromatic N) is 5. The fraction of sp³-hybridized carbons (Fsp3) is 0.406. The summed E-state index contributed by atoms with van der Waals surface area (Å²) < 4.78 is 18.0. The number of amides is 2. The summed E-state index contributed by atoms with van der Waals surface area (Å²) in [6.07, 6.45) is 2.81. The Kier molecular flexibility index (Phi) is 10.9. The summed E-state index contributed by atoms with van der Waals surface area (Å²) in [5.41, 5.74) is 0.490. The van der Waals surface area contributed by atoms with Crippen LogP contribution in [0.4, 0.5) is 5.95 Å². The van der Waals surface area contributed by atoms with Gasteiger partial charge in [-0.25, -0.2) is 4.98 Å². The van der Waals surface area contributed by atoms with E-state index in [1.165, 1.54) is 20.3 Å². The molecule has 2 saturated heterocycles. The van der Waals surface area contributed by atoms with Crippen molar-refractivity contribution < 1.29 is 23.8 Å². The zero-order valence-corrected chi connectivity index (χ0v) is 27.8. The Morgan fingerprint density at radius 2 is 1.77 bits per heavy atom. The lowest BCUT2D eigenvalue weighted by atomic mass is 10.0. The lowest BCUT2D eigenvalue weighted by molar-refractivity contribution is -0.126. The van der Waals surface area contributed by atoms with Gasteiger partial charge in [0.2, 0.25) is 11.9 Å². The maximum Gasteiger partial charge on any atom is 0.298 e. The number of anilines is 1. The summed E-state index contributed by atoms with van der Waals surface area (Å²) in [5, 5.41) is 6.96. The van der Waals surface area contributed by atoms with Gasteiger partial charge >= 0.3 is 0 Å². The van der Waals surface area contributed by atoms with E-state index in [1.807, 2.05) is 0 Å². The van der Waals surface area contributed by atoms with E-state index in [0.717, 1.165) is 0 Å². The highest BCUT2D eigenvalue weighted by Crippen LogP contribution is 2.45. The molecule has 2 amide bonds. The average molecular weight is 685 g/mol. The number of carbonyl (C=O) groups excluding carboxylic acids is 2.